The number of aliphatic hydroxyl groups excluding tert-OH is 2. The molecule has 4 saturated carbocycles. The van der Waals surface area contributed by atoms with Crippen molar-refractivity contribution < 1.29 is 41.3 Å². The lowest BCUT2D eigenvalue weighted by molar-refractivity contribution is -0.274. The molecule has 8 nitrogen and oxygen atoms in total. The van der Waals surface area contributed by atoms with E-state index in [-0.39, 0.29) is 47.2 Å². The van der Waals surface area contributed by atoms with Crippen LogP contribution in [-0.2, 0) is 10.0 Å². The number of carbonyl (C=O) groups is 1. The van der Waals surface area contributed by atoms with E-state index in [1.165, 1.54) is 0 Å². The molecule has 0 saturated heterocycles. The van der Waals surface area contributed by atoms with Gasteiger partial charge in [0.05, 0.1) is 17.1 Å². The molecule has 2 amide bonds. The maximum absolute atomic E-state index is 12.7. The smallest absolute Gasteiger partial charge is 0.406 e. The van der Waals surface area contributed by atoms with Crippen LogP contribution in [0.3, 0.4) is 0 Å². The van der Waals surface area contributed by atoms with Gasteiger partial charge in [-0.05, 0) is 109 Å². The minimum atomic E-state index is -4.98. The van der Waals surface area contributed by atoms with Gasteiger partial charge in [-0.1, -0.05) is 40.2 Å². The highest BCUT2D eigenvalue weighted by Crippen LogP contribution is 2.69. The number of hydrogen-bond acceptors (Lipinski definition) is 6. The van der Waals surface area contributed by atoms with Gasteiger partial charge >= 0.3 is 12.4 Å². The van der Waals surface area contributed by atoms with Gasteiger partial charge in [-0.3, -0.25) is 0 Å². The van der Waals surface area contributed by atoms with Crippen molar-refractivity contribution in [3.05, 3.63) is 24.3 Å². The van der Waals surface area contributed by atoms with Crippen LogP contribution in [0, 0.1) is 52.3 Å². The van der Waals surface area contributed by atoms with Crippen LogP contribution in [0.1, 0.15) is 79.1 Å². The second kappa shape index (κ2) is 12.0. The van der Waals surface area contributed by atoms with Gasteiger partial charge in [-0.2, -0.15) is 0 Å². The predicted molar refractivity (Wildman–Crippen MR) is 158 cm³/mol. The van der Waals surface area contributed by atoms with Gasteiger partial charge in [-0.25, -0.2) is 17.9 Å². The molecule has 4 N–H and O–H groups in total. The molecular formula is C32H47F3N2O6S. The number of sulfonamides is 1. The number of carbonyl (C=O) groups excluding carboxylic acids is 1. The average molecular weight is 645 g/mol. The van der Waals surface area contributed by atoms with Gasteiger partial charge in [0, 0.05) is 12.6 Å². The van der Waals surface area contributed by atoms with Crippen molar-refractivity contribution in [1.29, 1.82) is 0 Å². The van der Waals surface area contributed by atoms with Crippen LogP contribution < -0.4 is 14.8 Å². The van der Waals surface area contributed by atoms with Gasteiger partial charge in [0.1, 0.15) is 5.75 Å². The van der Waals surface area contributed by atoms with E-state index in [9.17, 15) is 36.6 Å². The Morgan fingerprint density at radius 2 is 1.75 bits per heavy atom. The Labute approximate surface area is 258 Å². The minimum Gasteiger partial charge on any atom is -0.406 e. The molecule has 44 heavy (non-hydrogen) atoms. The van der Waals surface area contributed by atoms with Crippen molar-refractivity contribution in [2.24, 2.45) is 52.3 Å². The lowest BCUT2D eigenvalue weighted by Crippen LogP contribution is -2.62. The summed E-state index contributed by atoms with van der Waals surface area (Å²) in [5, 5.41) is 25.1. The molecule has 4 aliphatic carbocycles. The topological polar surface area (TPSA) is 125 Å². The molecule has 0 bridgehead atoms. The summed E-state index contributed by atoms with van der Waals surface area (Å²) < 4.78 is 68.8. The van der Waals surface area contributed by atoms with Crippen LogP contribution in [-0.4, -0.2) is 49.8 Å². The number of halogens is 3. The summed E-state index contributed by atoms with van der Waals surface area (Å²) in [4.78, 5) is 12.1. The van der Waals surface area contributed by atoms with Crippen molar-refractivity contribution >= 4 is 16.1 Å². The third-order valence-electron chi connectivity index (χ3n) is 12.3. The van der Waals surface area contributed by atoms with E-state index in [4.69, 9.17) is 0 Å². The molecule has 0 aliphatic heterocycles. The van der Waals surface area contributed by atoms with Crippen molar-refractivity contribution in [2.45, 2.75) is 103 Å². The fourth-order valence-electron chi connectivity index (χ4n) is 10.4. The largest absolute Gasteiger partial charge is 0.573 e. The fraction of sp³-hybridized carbons (Fsp3) is 0.781. The first kappa shape index (κ1) is 33.3. The summed E-state index contributed by atoms with van der Waals surface area (Å²) in [6.07, 6.45) is 1.82. The summed E-state index contributed by atoms with van der Waals surface area (Å²) in [6.45, 7) is 9.18. The van der Waals surface area contributed by atoms with Crippen LogP contribution in [0.5, 0.6) is 5.75 Å². The minimum absolute atomic E-state index is 0.0274. The summed E-state index contributed by atoms with van der Waals surface area (Å²) in [6, 6.07) is 2.92. The van der Waals surface area contributed by atoms with E-state index in [0.29, 0.717) is 23.8 Å². The maximum Gasteiger partial charge on any atom is 0.573 e. The van der Waals surface area contributed by atoms with Crippen molar-refractivity contribution in [3.63, 3.8) is 0 Å². The standard InChI is InChI=1S/C32H47F3N2O6S/c1-5-22-26-15-19(38)11-13-31(26,4)25-12-14-30(3)23(9-10-24(30)27(25)28(22)39)18(2)17-36-29(40)37-44(41,42)21-8-6-7-20(16-21)43-32(33,34)35/h6-8,16,18-19,22-28,38-39H,5,9-15,17H2,1-4H3,(H2,36,37,40)/t18-,19-,22-,23-,24+,25+,26+,27-,28-,30?,31-/m1/s1. The molecule has 0 heterocycles. The van der Waals surface area contributed by atoms with Crippen LogP contribution in [0.25, 0.3) is 0 Å². The SMILES string of the molecule is CC[C@H]1[C@@H](O)[C@@H]2[C@@H]3CC[C@H]([C@H](C)CNC(=O)NS(=O)(=O)c4cccc(OC(F)(F)F)c4)C3(C)CC[C@@H]2[C@@]2(C)CC[C@@H](O)C[C@@H]12. The normalized spacial score (nSPS) is 39.4. The number of benzene rings is 1. The molecule has 1 unspecified atom stereocenters. The lowest BCUT2D eigenvalue weighted by Gasteiger charge is -2.64. The monoisotopic (exact) mass is 644 g/mol. The maximum atomic E-state index is 12.7. The zero-order valence-corrected chi connectivity index (χ0v) is 26.8. The van der Waals surface area contributed by atoms with Crippen LogP contribution in [0.2, 0.25) is 0 Å². The molecule has 11 atom stereocenters. The number of amides is 2. The van der Waals surface area contributed by atoms with Crippen LogP contribution in [0.4, 0.5) is 18.0 Å². The number of ether oxygens (including phenoxy) is 1. The highest BCUT2D eigenvalue weighted by atomic mass is 32.2. The van der Waals surface area contributed by atoms with E-state index >= 15 is 0 Å². The van der Waals surface area contributed by atoms with Gasteiger partial charge in [0.25, 0.3) is 10.0 Å². The number of aliphatic hydroxyl groups is 2. The van der Waals surface area contributed by atoms with Gasteiger partial charge in [0.2, 0.25) is 0 Å². The second-order valence-electron chi connectivity index (χ2n) is 14.4. The van der Waals surface area contributed by atoms with Crippen molar-refractivity contribution in [3.8, 4) is 5.75 Å². The number of rotatable bonds is 7. The molecule has 4 fully saturated rings. The second-order valence-corrected chi connectivity index (χ2v) is 16.1. The molecule has 12 heteroatoms. The third-order valence-corrected chi connectivity index (χ3v) is 13.6. The first-order chi connectivity index (χ1) is 20.5. The Kier molecular flexibility index (Phi) is 9.05. The van der Waals surface area contributed by atoms with E-state index in [2.05, 4.69) is 37.7 Å². The Morgan fingerprint density at radius 3 is 2.43 bits per heavy atom. The number of fused-ring (bicyclic) bond motifs is 5. The molecule has 5 rings (SSSR count). The van der Waals surface area contributed by atoms with Gasteiger partial charge in [0.15, 0.2) is 0 Å². The molecule has 1 aromatic rings. The quantitative estimate of drug-likeness (QED) is 0.296. The Bertz CT molecular complexity index is 1330. The number of alkyl halides is 3. The molecule has 248 valence electrons. The lowest BCUT2D eigenvalue weighted by atomic mass is 9.41. The highest BCUT2D eigenvalue weighted by Gasteiger charge is 2.64. The average Bonchev–Trinajstić information content (AvgIpc) is 3.29. The number of nitrogens with one attached hydrogen (secondary N) is 2. The molecule has 1 aromatic carbocycles. The fourth-order valence-corrected chi connectivity index (χ4v) is 11.3. The summed E-state index contributed by atoms with van der Waals surface area (Å²) >= 11 is 0. The zero-order valence-electron chi connectivity index (χ0n) is 25.9. The Morgan fingerprint density at radius 1 is 1.07 bits per heavy atom. The van der Waals surface area contributed by atoms with Crippen molar-refractivity contribution in [2.75, 3.05) is 6.54 Å². The van der Waals surface area contributed by atoms with Crippen LogP contribution in [0.15, 0.2) is 29.2 Å². The first-order valence-corrected chi connectivity index (χ1v) is 17.5. The van der Waals surface area contributed by atoms with Crippen molar-refractivity contribution in [1.82, 2.24) is 10.0 Å². The molecule has 0 spiro atoms. The molecular weight excluding hydrogens is 597 g/mol. The zero-order chi connectivity index (χ0) is 32.2. The molecule has 0 aromatic heterocycles. The molecule has 4 aliphatic rings. The van der Waals surface area contributed by atoms with E-state index in [1.807, 2.05) is 4.72 Å². The van der Waals surface area contributed by atoms with E-state index < -0.39 is 39.2 Å². The Hall–Kier alpha value is -2.05. The predicted octanol–water partition coefficient (Wildman–Crippen LogP) is 5.84. The van der Waals surface area contributed by atoms with Gasteiger partial charge < -0.3 is 20.3 Å². The number of urea groups is 1. The third kappa shape index (κ3) is 6.07. The van der Waals surface area contributed by atoms with Gasteiger partial charge in [-0.15, -0.1) is 13.2 Å². The van der Waals surface area contributed by atoms with E-state index in [0.717, 1.165) is 69.6 Å². The first-order valence-electron chi connectivity index (χ1n) is 16.0. The summed E-state index contributed by atoms with van der Waals surface area (Å²) in [5.74, 6) is 1.07. The number of hydrogen-bond donors (Lipinski definition) is 4. The summed E-state index contributed by atoms with van der Waals surface area (Å²) in [5.41, 5.74) is 0.0821. The Balaban J connectivity index is 1.24. The highest BCUT2D eigenvalue weighted by molar-refractivity contribution is 7.90. The van der Waals surface area contributed by atoms with E-state index in [1.54, 1.807) is 0 Å². The molecule has 0 radical (unpaired) electrons. The summed E-state index contributed by atoms with van der Waals surface area (Å²) in [7, 11) is -4.43. The van der Waals surface area contributed by atoms with Crippen LogP contribution >= 0.6 is 0 Å².